The molecule has 0 N–H and O–H groups in total. The molecule has 0 aliphatic rings. The van der Waals surface area contributed by atoms with Crippen LogP contribution in [0, 0.1) is 20.8 Å². The minimum absolute atomic E-state index is 1.10. The Labute approximate surface area is 75.6 Å². The summed E-state index contributed by atoms with van der Waals surface area (Å²) in [5.74, 6) is 0. The van der Waals surface area contributed by atoms with Crippen molar-refractivity contribution < 1.29 is 13.2 Å². The fraction of sp³-hybridized carbons (Fsp3) is 0.444. The van der Waals surface area contributed by atoms with Crippen molar-refractivity contribution in [1.29, 1.82) is 0 Å². The Morgan fingerprint density at radius 3 is 1.54 bits per heavy atom. The molecule has 0 aliphatic carbocycles. The fourth-order valence-electron chi connectivity index (χ4n) is 1.04. The quantitative estimate of drug-likeness (QED) is 0.613. The van der Waals surface area contributed by atoms with Gasteiger partial charge in [-0.3, -0.25) is 4.98 Å². The van der Waals surface area contributed by atoms with Crippen LogP contribution in [-0.4, -0.2) is 11.7 Å². The summed E-state index contributed by atoms with van der Waals surface area (Å²) >= 11 is 0. The first-order valence-corrected chi connectivity index (χ1v) is 3.76. The van der Waals surface area contributed by atoms with Gasteiger partial charge in [-0.1, -0.05) is 0 Å². The third-order valence-corrected chi connectivity index (χ3v) is 1.23. The van der Waals surface area contributed by atoms with E-state index >= 15 is 0 Å². The number of aryl methyl sites for hydroxylation is 3. The molecule has 1 aromatic rings. The summed E-state index contributed by atoms with van der Waals surface area (Å²) in [6.45, 7) is 2.45. The lowest BCUT2D eigenvalue weighted by molar-refractivity contribution is 0.00819. The summed E-state index contributed by atoms with van der Waals surface area (Å²) in [4.78, 5) is 4.23. The van der Waals surface area contributed by atoms with Gasteiger partial charge < -0.3 is 0 Å². The van der Waals surface area contributed by atoms with Crippen LogP contribution in [0.3, 0.4) is 0 Å². The summed E-state index contributed by atoms with van der Waals surface area (Å²) in [7, 11) is 0. The van der Waals surface area contributed by atoms with Gasteiger partial charge in [-0.2, -0.15) is 13.2 Å². The highest BCUT2D eigenvalue weighted by atomic mass is 19.4. The second-order valence-electron chi connectivity index (χ2n) is 2.67. The highest BCUT2D eigenvalue weighted by Gasteiger charge is 1.88. The number of pyridine rings is 1. The second kappa shape index (κ2) is 5.56. The smallest absolute Gasteiger partial charge is 0.258 e. The minimum Gasteiger partial charge on any atom is -0.258 e. The Morgan fingerprint density at radius 2 is 1.31 bits per heavy atom. The molecule has 0 atom stereocenters. The molecule has 0 aromatic carbocycles. The average molecular weight is 191 g/mol. The van der Waals surface area contributed by atoms with Gasteiger partial charge in [0.15, 0.2) is 0 Å². The zero-order valence-corrected chi connectivity index (χ0v) is 7.81. The normalized spacial score (nSPS) is 9.46. The topological polar surface area (TPSA) is 12.9 Å². The molecule has 0 bridgehead atoms. The van der Waals surface area contributed by atoms with Gasteiger partial charge in [0.2, 0.25) is 0 Å². The van der Waals surface area contributed by atoms with E-state index in [0.717, 1.165) is 11.4 Å². The second-order valence-corrected chi connectivity index (χ2v) is 2.67. The van der Waals surface area contributed by atoms with E-state index in [1.54, 1.807) is 0 Å². The highest BCUT2D eigenvalue weighted by molar-refractivity contribution is 5.18. The van der Waals surface area contributed by atoms with Crippen LogP contribution in [0.5, 0.6) is 0 Å². The van der Waals surface area contributed by atoms with Crippen molar-refractivity contribution in [2.24, 2.45) is 0 Å². The molecule has 0 fully saturated rings. The van der Waals surface area contributed by atoms with Crippen molar-refractivity contribution in [3.05, 3.63) is 29.1 Å². The third kappa shape index (κ3) is 7.31. The largest absolute Gasteiger partial charge is 0.379 e. The first kappa shape index (κ1) is 11.9. The number of hydrogen-bond donors (Lipinski definition) is 0. The standard InChI is InChI=1S/C8H11N.CHF3/c1-6-4-7(2)9-8(3)5-6;2-1(3)4/h4-5H,1-3H3;1H. The molecule has 1 rings (SSSR count). The zero-order chi connectivity index (χ0) is 10.4. The van der Waals surface area contributed by atoms with Gasteiger partial charge in [0.25, 0.3) is 0 Å². The first-order valence-electron chi connectivity index (χ1n) is 3.76. The van der Waals surface area contributed by atoms with E-state index < -0.39 is 6.68 Å². The summed E-state index contributed by atoms with van der Waals surface area (Å²) in [5, 5.41) is 0. The van der Waals surface area contributed by atoms with Gasteiger partial charge in [-0.05, 0) is 38.5 Å². The van der Waals surface area contributed by atoms with E-state index in [2.05, 4.69) is 24.0 Å². The molecule has 74 valence electrons. The molecule has 13 heavy (non-hydrogen) atoms. The molecule has 1 heterocycles. The van der Waals surface area contributed by atoms with Crippen LogP contribution >= 0.6 is 0 Å². The lowest BCUT2D eigenvalue weighted by Gasteiger charge is -1.96. The van der Waals surface area contributed by atoms with Crippen LogP contribution < -0.4 is 0 Å². The molecule has 0 spiro atoms. The molecule has 0 aliphatic heterocycles. The van der Waals surface area contributed by atoms with Crippen LogP contribution in [0.1, 0.15) is 17.0 Å². The highest BCUT2D eigenvalue weighted by Crippen LogP contribution is 2.01. The van der Waals surface area contributed by atoms with E-state index in [1.807, 2.05) is 13.8 Å². The zero-order valence-electron chi connectivity index (χ0n) is 7.81. The molecule has 0 unspecified atom stereocenters. The number of alkyl halides is 3. The van der Waals surface area contributed by atoms with Crippen LogP contribution in [0.15, 0.2) is 12.1 Å². The lowest BCUT2D eigenvalue weighted by Crippen LogP contribution is -1.85. The maximum atomic E-state index is 9.67. The Bertz CT molecular complexity index is 208. The summed E-state index contributed by atoms with van der Waals surface area (Å²) < 4.78 is 29.0. The molecule has 0 saturated carbocycles. The van der Waals surface area contributed by atoms with Crippen molar-refractivity contribution in [3.8, 4) is 0 Å². The van der Waals surface area contributed by atoms with Gasteiger partial charge in [0.05, 0.1) is 0 Å². The van der Waals surface area contributed by atoms with Crippen molar-refractivity contribution in [3.63, 3.8) is 0 Å². The summed E-state index contributed by atoms with van der Waals surface area (Å²) in [5.41, 5.74) is 3.50. The SMILES string of the molecule is Cc1cc(C)nc(C)c1.FC(F)F. The van der Waals surface area contributed by atoms with Crippen molar-refractivity contribution in [1.82, 2.24) is 4.98 Å². The molecular formula is C9H12F3N. The van der Waals surface area contributed by atoms with Crippen LogP contribution in [0.2, 0.25) is 0 Å². The minimum atomic E-state index is -3.67. The van der Waals surface area contributed by atoms with E-state index in [4.69, 9.17) is 0 Å². The number of nitrogens with zero attached hydrogens (tertiary/aromatic N) is 1. The number of halogens is 3. The third-order valence-electron chi connectivity index (χ3n) is 1.23. The van der Waals surface area contributed by atoms with Crippen molar-refractivity contribution in [2.75, 3.05) is 0 Å². The molecule has 1 nitrogen and oxygen atoms in total. The lowest BCUT2D eigenvalue weighted by atomic mass is 10.2. The molecule has 0 amide bonds. The maximum Gasteiger partial charge on any atom is 0.379 e. The monoisotopic (exact) mass is 191 g/mol. The number of rotatable bonds is 0. The molecule has 0 saturated heterocycles. The van der Waals surface area contributed by atoms with E-state index in [9.17, 15) is 13.2 Å². The van der Waals surface area contributed by atoms with Crippen LogP contribution in [0.4, 0.5) is 13.2 Å². The molecule has 0 radical (unpaired) electrons. The predicted octanol–water partition coefficient (Wildman–Crippen LogP) is 3.19. The Balaban J connectivity index is 0.000000310. The van der Waals surface area contributed by atoms with E-state index in [1.165, 1.54) is 5.56 Å². The Hall–Kier alpha value is -1.06. The Kier molecular flexibility index (Phi) is 5.11. The molecular weight excluding hydrogens is 179 g/mol. The number of hydrogen-bond acceptors (Lipinski definition) is 1. The Morgan fingerprint density at radius 1 is 1.00 bits per heavy atom. The predicted molar refractivity (Wildman–Crippen MR) is 45.6 cm³/mol. The maximum absolute atomic E-state index is 9.67. The van der Waals surface area contributed by atoms with Gasteiger partial charge in [-0.25, -0.2) is 0 Å². The van der Waals surface area contributed by atoms with Crippen LogP contribution in [0.25, 0.3) is 0 Å². The molecule has 4 heteroatoms. The average Bonchev–Trinajstić information content (AvgIpc) is 1.80. The van der Waals surface area contributed by atoms with Gasteiger partial charge in [0, 0.05) is 11.4 Å². The number of aromatic nitrogens is 1. The van der Waals surface area contributed by atoms with Gasteiger partial charge in [-0.15, -0.1) is 0 Å². The van der Waals surface area contributed by atoms with E-state index in [0.29, 0.717) is 0 Å². The van der Waals surface area contributed by atoms with Crippen LogP contribution in [-0.2, 0) is 0 Å². The fourth-order valence-corrected chi connectivity index (χ4v) is 1.04. The summed E-state index contributed by atoms with van der Waals surface area (Å²) in [6, 6.07) is 4.15. The summed E-state index contributed by atoms with van der Waals surface area (Å²) in [6.07, 6.45) is 0. The van der Waals surface area contributed by atoms with Crippen molar-refractivity contribution >= 4 is 0 Å². The van der Waals surface area contributed by atoms with Gasteiger partial charge in [0.1, 0.15) is 0 Å². The van der Waals surface area contributed by atoms with Crippen molar-refractivity contribution in [2.45, 2.75) is 27.5 Å². The first-order chi connectivity index (χ1) is 5.91. The van der Waals surface area contributed by atoms with E-state index in [-0.39, 0.29) is 0 Å². The van der Waals surface area contributed by atoms with Gasteiger partial charge >= 0.3 is 6.68 Å². The molecule has 1 aromatic heterocycles.